The maximum absolute atomic E-state index is 14.2. The van der Waals surface area contributed by atoms with Gasteiger partial charge in [-0.3, -0.25) is 0 Å². The standard InChI is InChI=1S/C23H19FN2O6S/c24-19-10-17(21-18(11-19)14-31-23(32-21)15-4-2-1-3-5-15)13-30-22(27)16-6-7-20-25-33(28,29)9-8-26(20)12-16/h1-7,10-12,23H,8-9,13-14H2. The zero-order chi connectivity index (χ0) is 23.0. The number of esters is 1. The Morgan fingerprint density at radius 3 is 2.85 bits per heavy atom. The Morgan fingerprint density at radius 2 is 2.03 bits per heavy atom. The van der Waals surface area contributed by atoms with Crippen molar-refractivity contribution in [1.82, 2.24) is 4.90 Å². The van der Waals surface area contributed by atoms with Gasteiger partial charge in [-0.25, -0.2) is 17.6 Å². The Balaban J connectivity index is 1.32. The van der Waals surface area contributed by atoms with Gasteiger partial charge in [0.1, 0.15) is 24.0 Å². The molecule has 10 heteroatoms. The molecule has 5 rings (SSSR count). The van der Waals surface area contributed by atoms with E-state index in [0.717, 1.165) is 5.56 Å². The first-order valence-corrected chi connectivity index (χ1v) is 11.8. The lowest BCUT2D eigenvalue weighted by Gasteiger charge is -2.28. The van der Waals surface area contributed by atoms with Crippen LogP contribution in [0.4, 0.5) is 4.39 Å². The first kappa shape index (κ1) is 21.4. The summed E-state index contributed by atoms with van der Waals surface area (Å²) in [7, 11) is -3.48. The number of rotatable bonds is 4. The van der Waals surface area contributed by atoms with Crippen LogP contribution in [0, 0.1) is 5.82 Å². The van der Waals surface area contributed by atoms with Gasteiger partial charge in [-0.2, -0.15) is 0 Å². The van der Waals surface area contributed by atoms with E-state index < -0.39 is 28.1 Å². The molecule has 0 fully saturated rings. The van der Waals surface area contributed by atoms with Gasteiger partial charge in [0, 0.05) is 29.4 Å². The highest BCUT2D eigenvalue weighted by molar-refractivity contribution is 7.90. The summed E-state index contributed by atoms with van der Waals surface area (Å²) in [6.07, 6.45) is 3.72. The number of carbonyl (C=O) groups excluding carboxylic acids is 1. The molecule has 0 amide bonds. The summed E-state index contributed by atoms with van der Waals surface area (Å²) >= 11 is 0. The predicted octanol–water partition coefficient (Wildman–Crippen LogP) is 2.97. The van der Waals surface area contributed by atoms with Crippen LogP contribution in [0.5, 0.6) is 5.75 Å². The third-order valence-corrected chi connectivity index (χ3v) is 6.48. The second kappa shape index (κ2) is 8.45. The lowest BCUT2D eigenvalue weighted by molar-refractivity contribution is -0.140. The molecule has 0 saturated carbocycles. The number of nitrogens with zero attached hydrogens (tertiary/aromatic N) is 2. The molecule has 0 radical (unpaired) electrons. The highest BCUT2D eigenvalue weighted by atomic mass is 32.2. The van der Waals surface area contributed by atoms with Crippen LogP contribution in [-0.4, -0.2) is 37.4 Å². The quantitative estimate of drug-likeness (QED) is 0.634. The summed E-state index contributed by atoms with van der Waals surface area (Å²) < 4.78 is 58.2. The van der Waals surface area contributed by atoms with E-state index in [2.05, 4.69) is 4.40 Å². The maximum atomic E-state index is 14.2. The smallest absolute Gasteiger partial charge is 0.339 e. The fraction of sp³-hybridized carbons (Fsp3) is 0.217. The van der Waals surface area contributed by atoms with Crippen LogP contribution >= 0.6 is 0 Å². The van der Waals surface area contributed by atoms with Crippen LogP contribution in [0.15, 0.2) is 70.8 Å². The zero-order valence-electron chi connectivity index (χ0n) is 17.3. The van der Waals surface area contributed by atoms with Crippen molar-refractivity contribution in [1.29, 1.82) is 0 Å². The predicted molar refractivity (Wildman–Crippen MR) is 116 cm³/mol. The van der Waals surface area contributed by atoms with E-state index in [1.807, 2.05) is 30.3 Å². The van der Waals surface area contributed by atoms with Crippen LogP contribution < -0.4 is 4.74 Å². The topological polar surface area (TPSA) is 94.5 Å². The molecule has 0 aromatic heterocycles. The van der Waals surface area contributed by atoms with E-state index in [1.165, 1.54) is 30.5 Å². The average molecular weight is 470 g/mol. The molecule has 0 N–H and O–H groups in total. The molecule has 0 spiro atoms. The summed E-state index contributed by atoms with van der Waals surface area (Å²) in [6, 6.07) is 11.9. The second-order valence-corrected chi connectivity index (χ2v) is 9.40. The lowest BCUT2D eigenvalue weighted by Crippen LogP contribution is -2.37. The van der Waals surface area contributed by atoms with Gasteiger partial charge < -0.3 is 19.1 Å². The molecule has 2 aromatic carbocycles. The van der Waals surface area contributed by atoms with Crippen molar-refractivity contribution in [2.45, 2.75) is 19.5 Å². The fourth-order valence-corrected chi connectivity index (χ4v) is 4.68. The minimum Gasteiger partial charge on any atom is -0.460 e. The molecular formula is C23H19FN2O6S. The third-order valence-electron chi connectivity index (χ3n) is 5.31. The second-order valence-electron chi connectivity index (χ2n) is 7.65. The zero-order valence-corrected chi connectivity index (χ0v) is 18.1. The number of benzene rings is 2. The van der Waals surface area contributed by atoms with Crippen LogP contribution in [-0.2, 0) is 37.5 Å². The molecule has 8 nitrogen and oxygen atoms in total. The Labute approximate surface area is 189 Å². The van der Waals surface area contributed by atoms with Gasteiger partial charge in [-0.1, -0.05) is 30.3 Å². The molecule has 0 bridgehead atoms. The minimum atomic E-state index is -3.48. The first-order chi connectivity index (χ1) is 15.9. The Bertz CT molecular complexity index is 1300. The van der Waals surface area contributed by atoms with Crippen molar-refractivity contribution in [2.24, 2.45) is 4.40 Å². The monoisotopic (exact) mass is 470 g/mol. The van der Waals surface area contributed by atoms with E-state index in [0.29, 0.717) is 16.9 Å². The number of hydrogen-bond acceptors (Lipinski definition) is 7. The van der Waals surface area contributed by atoms with Crippen molar-refractivity contribution in [2.75, 3.05) is 12.3 Å². The third kappa shape index (κ3) is 4.53. The minimum absolute atomic E-state index is 0.138. The van der Waals surface area contributed by atoms with Gasteiger partial charge in [0.05, 0.1) is 17.9 Å². The van der Waals surface area contributed by atoms with Crippen molar-refractivity contribution in [3.63, 3.8) is 0 Å². The van der Waals surface area contributed by atoms with Gasteiger partial charge in [0.2, 0.25) is 6.29 Å². The summed E-state index contributed by atoms with van der Waals surface area (Å²) in [5.41, 5.74) is 1.95. The molecule has 170 valence electrons. The number of hydrogen-bond donors (Lipinski definition) is 0. The van der Waals surface area contributed by atoms with Gasteiger partial charge in [0.15, 0.2) is 0 Å². The highest BCUT2D eigenvalue weighted by Crippen LogP contribution is 2.37. The number of ether oxygens (including phenoxy) is 3. The average Bonchev–Trinajstić information content (AvgIpc) is 2.81. The molecule has 0 aliphatic carbocycles. The number of halogens is 1. The Hall–Kier alpha value is -3.50. The normalized spacial score (nSPS) is 20.6. The number of fused-ring (bicyclic) bond motifs is 2. The van der Waals surface area contributed by atoms with Crippen molar-refractivity contribution in [3.8, 4) is 5.75 Å². The number of amidine groups is 1. The van der Waals surface area contributed by atoms with Gasteiger partial charge in [-0.15, -0.1) is 4.40 Å². The van der Waals surface area contributed by atoms with Gasteiger partial charge in [-0.05, 0) is 24.3 Å². The number of sulfonamides is 1. The van der Waals surface area contributed by atoms with Crippen LogP contribution in [0.3, 0.4) is 0 Å². The molecule has 1 unspecified atom stereocenters. The van der Waals surface area contributed by atoms with Gasteiger partial charge >= 0.3 is 5.97 Å². The maximum Gasteiger partial charge on any atom is 0.339 e. The fourth-order valence-electron chi connectivity index (χ4n) is 3.71. The van der Waals surface area contributed by atoms with E-state index >= 15 is 0 Å². The largest absolute Gasteiger partial charge is 0.460 e. The van der Waals surface area contributed by atoms with Crippen LogP contribution in [0.25, 0.3) is 0 Å². The van der Waals surface area contributed by atoms with Crippen molar-refractivity contribution >= 4 is 21.8 Å². The molecule has 3 aliphatic rings. The first-order valence-electron chi connectivity index (χ1n) is 10.2. The van der Waals surface area contributed by atoms with Crippen LogP contribution in [0.1, 0.15) is 23.0 Å². The SMILES string of the molecule is O=C(OCc1cc(F)cc2c1OC(c1ccccc1)OC2)C1=CN2CCS(=O)(=O)N=C2C=C1. The van der Waals surface area contributed by atoms with Crippen molar-refractivity contribution in [3.05, 3.63) is 88.9 Å². The van der Waals surface area contributed by atoms with Crippen LogP contribution in [0.2, 0.25) is 0 Å². The van der Waals surface area contributed by atoms with Crippen molar-refractivity contribution < 1.29 is 31.8 Å². The van der Waals surface area contributed by atoms with E-state index in [1.54, 1.807) is 4.90 Å². The molecular weight excluding hydrogens is 451 g/mol. The summed E-state index contributed by atoms with van der Waals surface area (Å²) in [5.74, 6) is -0.591. The summed E-state index contributed by atoms with van der Waals surface area (Å²) in [6.45, 7) is 0.136. The molecule has 3 heterocycles. The lowest BCUT2D eigenvalue weighted by atomic mass is 10.1. The van der Waals surface area contributed by atoms with E-state index in [-0.39, 0.29) is 36.9 Å². The summed E-state index contributed by atoms with van der Waals surface area (Å²) in [4.78, 5) is 14.2. The number of carbonyl (C=O) groups is 1. The summed E-state index contributed by atoms with van der Waals surface area (Å²) in [5, 5.41) is 0. The van der Waals surface area contributed by atoms with E-state index in [4.69, 9.17) is 14.2 Å². The van der Waals surface area contributed by atoms with Gasteiger partial charge in [0.25, 0.3) is 10.0 Å². The van der Waals surface area contributed by atoms with E-state index in [9.17, 15) is 17.6 Å². The molecule has 0 saturated heterocycles. The molecule has 33 heavy (non-hydrogen) atoms. The molecule has 2 aromatic rings. The highest BCUT2D eigenvalue weighted by Gasteiger charge is 2.27. The molecule has 1 atom stereocenters. The Morgan fingerprint density at radius 1 is 1.21 bits per heavy atom. The molecule has 3 aliphatic heterocycles. The Kier molecular flexibility index (Phi) is 5.47.